The number of likely N-dealkylation sites (tertiary alicyclic amines) is 1. The lowest BCUT2D eigenvalue weighted by Crippen LogP contribution is -2.43. The van der Waals surface area contributed by atoms with Crippen molar-refractivity contribution in [3.63, 3.8) is 0 Å². The third-order valence-electron chi connectivity index (χ3n) is 4.06. The molecular weight excluding hydrogens is 236 g/mol. The van der Waals surface area contributed by atoms with Gasteiger partial charge in [0, 0.05) is 6.04 Å². The molecule has 100 valence electrons. The van der Waals surface area contributed by atoms with Gasteiger partial charge in [0.15, 0.2) is 9.84 Å². The van der Waals surface area contributed by atoms with E-state index in [4.69, 9.17) is 0 Å². The Kier molecular flexibility index (Phi) is 4.44. The van der Waals surface area contributed by atoms with Gasteiger partial charge in [-0.2, -0.15) is 0 Å². The first-order valence-electron chi connectivity index (χ1n) is 6.76. The van der Waals surface area contributed by atoms with Gasteiger partial charge in [-0.05, 0) is 51.4 Å². The van der Waals surface area contributed by atoms with Crippen LogP contribution in [0.2, 0.25) is 0 Å². The number of piperidine rings is 1. The van der Waals surface area contributed by atoms with Crippen molar-refractivity contribution in [2.24, 2.45) is 5.92 Å². The lowest BCUT2D eigenvalue weighted by atomic mass is 9.95. The number of hydrogen-bond donors (Lipinski definition) is 1. The van der Waals surface area contributed by atoms with Crippen LogP contribution in [0.1, 0.15) is 26.2 Å². The highest BCUT2D eigenvalue weighted by Crippen LogP contribution is 2.24. The van der Waals surface area contributed by atoms with Crippen LogP contribution in [0.25, 0.3) is 0 Å². The second kappa shape index (κ2) is 5.67. The van der Waals surface area contributed by atoms with Crippen LogP contribution in [0.4, 0.5) is 0 Å². The van der Waals surface area contributed by atoms with Crippen LogP contribution in [0.3, 0.4) is 0 Å². The normalized spacial score (nSPS) is 30.8. The molecule has 0 radical (unpaired) electrons. The van der Waals surface area contributed by atoms with Crippen LogP contribution in [0.5, 0.6) is 0 Å². The van der Waals surface area contributed by atoms with Crippen LogP contribution in [0.15, 0.2) is 0 Å². The molecule has 0 aromatic heterocycles. The smallest absolute Gasteiger partial charge is 0.151 e. The SMILES string of the molecule is CCNCC1CCN(C2CCS(=O)(=O)C2)CC1. The molecule has 5 heteroatoms. The molecule has 2 heterocycles. The van der Waals surface area contributed by atoms with Crippen molar-refractivity contribution in [3.05, 3.63) is 0 Å². The third-order valence-corrected chi connectivity index (χ3v) is 5.81. The lowest BCUT2D eigenvalue weighted by molar-refractivity contribution is 0.143. The van der Waals surface area contributed by atoms with E-state index >= 15 is 0 Å². The summed E-state index contributed by atoms with van der Waals surface area (Å²) in [5.74, 6) is 1.57. The van der Waals surface area contributed by atoms with Crippen molar-refractivity contribution in [3.8, 4) is 0 Å². The summed E-state index contributed by atoms with van der Waals surface area (Å²) >= 11 is 0. The Labute approximate surface area is 105 Å². The Morgan fingerprint density at radius 3 is 2.47 bits per heavy atom. The molecule has 0 aromatic rings. The van der Waals surface area contributed by atoms with E-state index in [0.717, 1.165) is 38.5 Å². The summed E-state index contributed by atoms with van der Waals surface area (Å²) in [6.07, 6.45) is 3.27. The van der Waals surface area contributed by atoms with E-state index in [1.807, 2.05) is 0 Å². The highest BCUT2D eigenvalue weighted by Gasteiger charge is 2.33. The molecule has 0 aliphatic carbocycles. The first-order chi connectivity index (χ1) is 8.11. The molecular formula is C12H24N2O2S. The first kappa shape index (κ1) is 13.3. The minimum atomic E-state index is -2.73. The number of rotatable bonds is 4. The topological polar surface area (TPSA) is 49.4 Å². The predicted octanol–water partition coefficient (Wildman–Crippen LogP) is 0.495. The molecule has 0 spiro atoms. The summed E-state index contributed by atoms with van der Waals surface area (Å²) in [6, 6.07) is 0.306. The van der Waals surface area contributed by atoms with Crippen molar-refractivity contribution in [2.75, 3.05) is 37.7 Å². The maximum Gasteiger partial charge on any atom is 0.151 e. The van der Waals surface area contributed by atoms with Gasteiger partial charge in [0.1, 0.15) is 0 Å². The molecule has 2 saturated heterocycles. The Hall–Kier alpha value is -0.130. The van der Waals surface area contributed by atoms with Crippen molar-refractivity contribution in [1.82, 2.24) is 10.2 Å². The van der Waals surface area contributed by atoms with E-state index in [-0.39, 0.29) is 0 Å². The molecule has 4 nitrogen and oxygen atoms in total. The molecule has 1 N–H and O–H groups in total. The van der Waals surface area contributed by atoms with Gasteiger partial charge in [0.25, 0.3) is 0 Å². The van der Waals surface area contributed by atoms with Gasteiger partial charge < -0.3 is 5.32 Å². The maximum absolute atomic E-state index is 11.5. The van der Waals surface area contributed by atoms with Crippen molar-refractivity contribution in [1.29, 1.82) is 0 Å². The molecule has 2 aliphatic rings. The van der Waals surface area contributed by atoms with Crippen LogP contribution in [-0.2, 0) is 9.84 Å². The average molecular weight is 260 g/mol. The summed E-state index contributed by atoms with van der Waals surface area (Å²) < 4.78 is 22.9. The second-order valence-corrected chi connectivity index (χ2v) is 7.57. The zero-order valence-electron chi connectivity index (χ0n) is 10.7. The molecule has 2 rings (SSSR count). The predicted molar refractivity (Wildman–Crippen MR) is 69.9 cm³/mol. The Morgan fingerprint density at radius 1 is 1.24 bits per heavy atom. The molecule has 0 aromatic carbocycles. The van der Waals surface area contributed by atoms with Crippen LogP contribution in [0, 0.1) is 5.92 Å². The van der Waals surface area contributed by atoms with E-state index < -0.39 is 9.84 Å². The van der Waals surface area contributed by atoms with Gasteiger partial charge in [-0.15, -0.1) is 0 Å². The van der Waals surface area contributed by atoms with Gasteiger partial charge in [0.05, 0.1) is 11.5 Å². The van der Waals surface area contributed by atoms with E-state index in [9.17, 15) is 8.42 Å². The second-order valence-electron chi connectivity index (χ2n) is 5.34. The van der Waals surface area contributed by atoms with Crippen LogP contribution < -0.4 is 5.32 Å². The van der Waals surface area contributed by atoms with Crippen molar-refractivity contribution < 1.29 is 8.42 Å². The molecule has 17 heavy (non-hydrogen) atoms. The number of nitrogens with zero attached hydrogens (tertiary/aromatic N) is 1. The number of nitrogens with one attached hydrogen (secondary N) is 1. The van der Waals surface area contributed by atoms with Gasteiger partial charge in [-0.3, -0.25) is 4.90 Å². The third kappa shape index (κ3) is 3.66. The van der Waals surface area contributed by atoms with Crippen LogP contribution >= 0.6 is 0 Å². The fourth-order valence-corrected chi connectivity index (χ4v) is 4.70. The van der Waals surface area contributed by atoms with Crippen molar-refractivity contribution >= 4 is 9.84 Å². The Balaban J connectivity index is 1.76. The summed E-state index contributed by atoms with van der Waals surface area (Å²) in [6.45, 7) is 6.46. The van der Waals surface area contributed by atoms with Crippen molar-refractivity contribution in [2.45, 2.75) is 32.2 Å². The molecule has 1 atom stereocenters. The fourth-order valence-electron chi connectivity index (χ4n) is 2.93. The van der Waals surface area contributed by atoms with Gasteiger partial charge in [-0.25, -0.2) is 8.42 Å². The molecule has 0 amide bonds. The minimum absolute atomic E-state index is 0.306. The zero-order chi connectivity index (χ0) is 12.3. The monoisotopic (exact) mass is 260 g/mol. The van der Waals surface area contributed by atoms with E-state index in [2.05, 4.69) is 17.1 Å². The molecule has 2 aliphatic heterocycles. The van der Waals surface area contributed by atoms with E-state index in [1.165, 1.54) is 12.8 Å². The summed E-state index contributed by atoms with van der Waals surface area (Å²) in [5, 5.41) is 3.40. The summed E-state index contributed by atoms with van der Waals surface area (Å²) in [5.41, 5.74) is 0. The van der Waals surface area contributed by atoms with Gasteiger partial charge in [-0.1, -0.05) is 6.92 Å². The summed E-state index contributed by atoms with van der Waals surface area (Å²) in [4.78, 5) is 2.40. The van der Waals surface area contributed by atoms with Gasteiger partial charge in [0.2, 0.25) is 0 Å². The largest absolute Gasteiger partial charge is 0.317 e. The quantitative estimate of drug-likeness (QED) is 0.799. The summed E-state index contributed by atoms with van der Waals surface area (Å²) in [7, 11) is -2.73. The fraction of sp³-hybridized carbons (Fsp3) is 1.00. The van der Waals surface area contributed by atoms with E-state index in [0.29, 0.717) is 17.5 Å². The number of hydrogen-bond acceptors (Lipinski definition) is 4. The van der Waals surface area contributed by atoms with E-state index in [1.54, 1.807) is 0 Å². The standard InChI is InChI=1S/C12H24N2O2S/c1-2-13-9-11-3-6-14(7-4-11)12-5-8-17(15,16)10-12/h11-13H,2-10H2,1H3. The van der Waals surface area contributed by atoms with Gasteiger partial charge >= 0.3 is 0 Å². The first-order valence-corrected chi connectivity index (χ1v) is 8.58. The Bertz CT molecular complexity index is 334. The molecule has 0 bridgehead atoms. The number of sulfone groups is 1. The Morgan fingerprint density at radius 2 is 1.94 bits per heavy atom. The highest BCUT2D eigenvalue weighted by atomic mass is 32.2. The average Bonchev–Trinajstić information content (AvgIpc) is 2.68. The lowest BCUT2D eigenvalue weighted by Gasteiger charge is -2.35. The maximum atomic E-state index is 11.5. The molecule has 1 unspecified atom stereocenters. The van der Waals surface area contributed by atoms with Crippen LogP contribution in [-0.4, -0.2) is 57.0 Å². The molecule has 0 saturated carbocycles. The highest BCUT2D eigenvalue weighted by molar-refractivity contribution is 7.91. The molecule has 2 fully saturated rings. The zero-order valence-corrected chi connectivity index (χ0v) is 11.5. The minimum Gasteiger partial charge on any atom is -0.317 e.